The van der Waals surface area contributed by atoms with E-state index >= 15 is 0 Å². The molecule has 5 aliphatic rings. The van der Waals surface area contributed by atoms with Crippen LogP contribution >= 0.6 is 0 Å². The van der Waals surface area contributed by atoms with Crippen LogP contribution in [0, 0.1) is 17.8 Å². The van der Waals surface area contributed by atoms with Gasteiger partial charge in [-0.15, -0.1) is 0 Å². The monoisotopic (exact) mass is 448 g/mol. The quantitative estimate of drug-likeness (QED) is 0.278. The van der Waals surface area contributed by atoms with Crippen molar-refractivity contribution in [2.75, 3.05) is 6.61 Å². The molecule has 4 unspecified atom stereocenters. The first kappa shape index (κ1) is 23.7. The highest BCUT2D eigenvalue weighted by Gasteiger charge is 2.61. The van der Waals surface area contributed by atoms with Crippen molar-refractivity contribution in [2.24, 2.45) is 17.8 Å². The standard InChI is InChI=1S/C26H40O6/c1-17(2)23(27)32-26-13-21-10-22(14-26)12-25(11-21,16-26)31-18(3)24(28)30-19(4)29-15-20-8-6-5-7-9-20/h18-22H,1,5-16H2,2-4H3. The summed E-state index contributed by atoms with van der Waals surface area (Å²) in [5, 5.41) is 0. The van der Waals surface area contributed by atoms with E-state index in [4.69, 9.17) is 18.9 Å². The van der Waals surface area contributed by atoms with Gasteiger partial charge >= 0.3 is 11.9 Å². The third kappa shape index (κ3) is 5.39. The van der Waals surface area contributed by atoms with E-state index < -0.39 is 23.6 Å². The number of rotatable bonds is 9. The van der Waals surface area contributed by atoms with Gasteiger partial charge in [0.05, 0.1) is 12.2 Å². The number of hydrogen-bond donors (Lipinski definition) is 0. The lowest BCUT2D eigenvalue weighted by Crippen LogP contribution is -2.62. The van der Waals surface area contributed by atoms with Crippen molar-refractivity contribution >= 4 is 11.9 Å². The van der Waals surface area contributed by atoms with Crippen molar-refractivity contribution in [2.45, 2.75) is 115 Å². The lowest BCUT2D eigenvalue weighted by atomic mass is 9.52. The normalized spacial score (nSPS) is 35.8. The molecular formula is C26H40O6. The summed E-state index contributed by atoms with van der Waals surface area (Å²) in [6, 6.07) is 0. The molecule has 0 radical (unpaired) electrons. The lowest BCUT2D eigenvalue weighted by Gasteiger charge is -2.61. The van der Waals surface area contributed by atoms with Gasteiger partial charge in [-0.25, -0.2) is 9.59 Å². The van der Waals surface area contributed by atoms with Gasteiger partial charge in [0, 0.05) is 12.0 Å². The van der Waals surface area contributed by atoms with E-state index in [1.54, 1.807) is 20.8 Å². The van der Waals surface area contributed by atoms with E-state index in [0.717, 1.165) is 32.1 Å². The maximum Gasteiger partial charge on any atom is 0.337 e. The van der Waals surface area contributed by atoms with Crippen LogP contribution in [0.15, 0.2) is 12.2 Å². The summed E-state index contributed by atoms with van der Waals surface area (Å²) < 4.78 is 23.8. The largest absolute Gasteiger partial charge is 0.456 e. The zero-order chi connectivity index (χ0) is 22.9. The Kier molecular flexibility index (Phi) is 7.02. The summed E-state index contributed by atoms with van der Waals surface area (Å²) >= 11 is 0. The second-order valence-electron chi connectivity index (χ2n) is 11.1. The highest BCUT2D eigenvalue weighted by atomic mass is 16.7. The predicted octanol–water partition coefficient (Wildman–Crippen LogP) is 5.09. The van der Waals surface area contributed by atoms with Crippen molar-refractivity contribution in [1.29, 1.82) is 0 Å². The van der Waals surface area contributed by atoms with Gasteiger partial charge in [0.15, 0.2) is 12.4 Å². The molecule has 32 heavy (non-hydrogen) atoms. The Hall–Kier alpha value is -1.40. The van der Waals surface area contributed by atoms with Crippen molar-refractivity contribution in [1.82, 2.24) is 0 Å². The molecule has 0 spiro atoms. The van der Waals surface area contributed by atoms with Gasteiger partial charge in [-0.1, -0.05) is 25.8 Å². The Bertz CT molecular complexity index is 710. The van der Waals surface area contributed by atoms with Crippen LogP contribution in [0.2, 0.25) is 0 Å². The minimum atomic E-state index is -0.680. The lowest BCUT2D eigenvalue weighted by molar-refractivity contribution is -0.248. The molecule has 0 aromatic heterocycles. The number of carbonyl (C=O) groups excluding carboxylic acids is 2. The van der Waals surface area contributed by atoms with Crippen LogP contribution in [-0.2, 0) is 28.5 Å². The maximum atomic E-state index is 12.8. The summed E-state index contributed by atoms with van der Waals surface area (Å²) in [6.45, 7) is 9.61. The molecule has 5 rings (SSSR count). The van der Waals surface area contributed by atoms with Gasteiger partial charge in [0.1, 0.15) is 5.60 Å². The minimum absolute atomic E-state index is 0.321. The smallest absolute Gasteiger partial charge is 0.337 e. The van der Waals surface area contributed by atoms with Crippen LogP contribution in [0.1, 0.15) is 91.4 Å². The second kappa shape index (κ2) is 9.46. The SMILES string of the molecule is C=C(C)C(=O)OC12CC3CC(C1)CC(OC(C)C(=O)OC(C)OCC1CCCCC1)(C3)C2. The van der Waals surface area contributed by atoms with Crippen LogP contribution in [0.25, 0.3) is 0 Å². The zero-order valence-corrected chi connectivity index (χ0v) is 20.0. The number of esters is 2. The summed E-state index contributed by atoms with van der Waals surface area (Å²) in [5.74, 6) is 0.803. The zero-order valence-electron chi connectivity index (χ0n) is 20.0. The minimum Gasteiger partial charge on any atom is -0.456 e. The van der Waals surface area contributed by atoms with Crippen LogP contribution in [0.4, 0.5) is 0 Å². The molecule has 5 aliphatic carbocycles. The molecule has 0 aromatic rings. The Balaban J connectivity index is 1.31. The van der Waals surface area contributed by atoms with Gasteiger partial charge in [0.25, 0.3) is 0 Å². The number of carbonyl (C=O) groups is 2. The van der Waals surface area contributed by atoms with Crippen LogP contribution < -0.4 is 0 Å². The molecule has 6 nitrogen and oxygen atoms in total. The van der Waals surface area contributed by atoms with E-state index in [1.165, 1.54) is 32.1 Å². The molecule has 0 N–H and O–H groups in total. The van der Waals surface area contributed by atoms with Crippen molar-refractivity contribution in [3.8, 4) is 0 Å². The third-order valence-electron chi connectivity index (χ3n) is 7.94. The highest BCUT2D eigenvalue weighted by Crippen LogP contribution is 2.60. The summed E-state index contributed by atoms with van der Waals surface area (Å²) in [7, 11) is 0. The van der Waals surface area contributed by atoms with Crippen molar-refractivity contribution in [3.05, 3.63) is 12.2 Å². The Morgan fingerprint density at radius 1 is 1.00 bits per heavy atom. The number of ether oxygens (including phenoxy) is 4. The third-order valence-corrected chi connectivity index (χ3v) is 7.94. The fraction of sp³-hybridized carbons (Fsp3) is 0.846. The van der Waals surface area contributed by atoms with Gasteiger partial charge < -0.3 is 18.9 Å². The maximum absolute atomic E-state index is 12.8. The molecule has 4 bridgehead atoms. The predicted molar refractivity (Wildman–Crippen MR) is 120 cm³/mol. The topological polar surface area (TPSA) is 71.1 Å². The molecule has 0 aromatic carbocycles. The first-order chi connectivity index (χ1) is 15.2. The average molecular weight is 449 g/mol. The van der Waals surface area contributed by atoms with E-state index in [9.17, 15) is 9.59 Å². The molecule has 0 heterocycles. The molecule has 180 valence electrons. The van der Waals surface area contributed by atoms with Crippen molar-refractivity contribution < 1.29 is 28.5 Å². The molecular weight excluding hydrogens is 408 g/mol. The van der Waals surface area contributed by atoms with Gasteiger partial charge in [0.2, 0.25) is 0 Å². The highest BCUT2D eigenvalue weighted by molar-refractivity contribution is 5.87. The van der Waals surface area contributed by atoms with E-state index in [1.807, 2.05) is 0 Å². The second-order valence-corrected chi connectivity index (χ2v) is 11.1. The van der Waals surface area contributed by atoms with Gasteiger partial charge in [-0.05, 0) is 83.5 Å². The van der Waals surface area contributed by atoms with Gasteiger partial charge in [-0.2, -0.15) is 0 Å². The van der Waals surface area contributed by atoms with E-state index in [2.05, 4.69) is 6.58 Å². The molecule has 6 heteroatoms. The van der Waals surface area contributed by atoms with Crippen molar-refractivity contribution in [3.63, 3.8) is 0 Å². The molecule has 4 atom stereocenters. The Morgan fingerprint density at radius 3 is 2.25 bits per heavy atom. The van der Waals surface area contributed by atoms with Gasteiger partial charge in [-0.3, -0.25) is 0 Å². The molecule has 0 amide bonds. The fourth-order valence-electron chi connectivity index (χ4n) is 6.98. The summed E-state index contributed by atoms with van der Waals surface area (Å²) in [6.07, 6.45) is 10.4. The molecule has 5 fully saturated rings. The van der Waals surface area contributed by atoms with Crippen LogP contribution in [0.3, 0.4) is 0 Å². The summed E-state index contributed by atoms with van der Waals surface area (Å²) in [4.78, 5) is 25.1. The average Bonchev–Trinajstić information content (AvgIpc) is 2.71. The first-order valence-electron chi connectivity index (χ1n) is 12.6. The summed E-state index contributed by atoms with van der Waals surface area (Å²) in [5.41, 5.74) is -0.487. The fourth-order valence-corrected chi connectivity index (χ4v) is 6.98. The Labute approximate surface area is 192 Å². The van der Waals surface area contributed by atoms with E-state index in [0.29, 0.717) is 36.4 Å². The molecule has 0 aliphatic heterocycles. The Morgan fingerprint density at radius 2 is 1.62 bits per heavy atom. The molecule has 5 saturated carbocycles. The number of hydrogen-bond acceptors (Lipinski definition) is 6. The first-order valence-corrected chi connectivity index (χ1v) is 12.6. The van der Waals surface area contributed by atoms with Crippen LogP contribution in [0.5, 0.6) is 0 Å². The van der Waals surface area contributed by atoms with Crippen LogP contribution in [-0.4, -0.2) is 42.1 Å². The molecule has 0 saturated heterocycles. The van der Waals surface area contributed by atoms with E-state index in [-0.39, 0.29) is 11.9 Å².